The van der Waals surface area contributed by atoms with Crippen molar-refractivity contribution in [2.24, 2.45) is 0 Å². The first kappa shape index (κ1) is 14.1. The number of hydrogen-bond donors (Lipinski definition) is 1. The van der Waals surface area contributed by atoms with Crippen molar-refractivity contribution in [3.05, 3.63) is 39.8 Å². The van der Waals surface area contributed by atoms with Gasteiger partial charge in [-0.25, -0.2) is 0 Å². The molecule has 2 rings (SSSR count). The number of nitrogens with zero attached hydrogens (tertiary/aromatic N) is 3. The summed E-state index contributed by atoms with van der Waals surface area (Å²) in [6.07, 6.45) is 0.634. The second kappa shape index (κ2) is 6.25. The largest absolute Gasteiger partial charge is 0.339 e. The SMILES string of the molecule is CCNCCc1nc(-c2cc([N+](=O)[O-])ccc2C)no1. The van der Waals surface area contributed by atoms with Gasteiger partial charge in [0.25, 0.3) is 5.69 Å². The van der Waals surface area contributed by atoms with E-state index in [1.165, 1.54) is 12.1 Å². The lowest BCUT2D eigenvalue weighted by atomic mass is 10.1. The molecular formula is C13H16N4O3. The Labute approximate surface area is 116 Å². The molecule has 1 aromatic carbocycles. The Kier molecular flexibility index (Phi) is 4.41. The number of non-ortho nitro benzene ring substituents is 1. The first-order chi connectivity index (χ1) is 9.61. The standard InChI is InChI=1S/C13H16N4O3/c1-3-14-7-6-12-15-13(16-20-12)11-8-10(17(18)19)5-4-9(11)2/h4-5,8,14H,3,6-7H2,1-2H3. The van der Waals surface area contributed by atoms with Crippen LogP contribution in [0.25, 0.3) is 11.4 Å². The molecule has 0 saturated carbocycles. The van der Waals surface area contributed by atoms with Gasteiger partial charge in [-0.3, -0.25) is 10.1 Å². The third-order valence-corrected chi connectivity index (χ3v) is 2.91. The smallest absolute Gasteiger partial charge is 0.270 e. The lowest BCUT2D eigenvalue weighted by Gasteiger charge is -2.00. The van der Waals surface area contributed by atoms with E-state index < -0.39 is 4.92 Å². The van der Waals surface area contributed by atoms with E-state index in [4.69, 9.17) is 4.52 Å². The fourth-order valence-electron chi connectivity index (χ4n) is 1.80. The van der Waals surface area contributed by atoms with Crippen molar-refractivity contribution in [3.63, 3.8) is 0 Å². The van der Waals surface area contributed by atoms with Crippen molar-refractivity contribution in [1.82, 2.24) is 15.5 Å². The quantitative estimate of drug-likeness (QED) is 0.493. The first-order valence-electron chi connectivity index (χ1n) is 6.40. The van der Waals surface area contributed by atoms with Crippen LogP contribution in [0, 0.1) is 17.0 Å². The van der Waals surface area contributed by atoms with Crippen LogP contribution in [0.1, 0.15) is 18.4 Å². The molecule has 1 aromatic heterocycles. The normalized spacial score (nSPS) is 10.7. The van der Waals surface area contributed by atoms with Crippen LogP contribution in [0.3, 0.4) is 0 Å². The maximum Gasteiger partial charge on any atom is 0.270 e. The van der Waals surface area contributed by atoms with Crippen LogP contribution in [0.2, 0.25) is 0 Å². The molecule has 2 aromatic rings. The van der Waals surface area contributed by atoms with E-state index in [-0.39, 0.29) is 5.69 Å². The highest BCUT2D eigenvalue weighted by molar-refractivity contribution is 5.63. The molecule has 106 valence electrons. The predicted molar refractivity (Wildman–Crippen MR) is 73.4 cm³/mol. The summed E-state index contributed by atoms with van der Waals surface area (Å²) in [4.78, 5) is 14.6. The fraction of sp³-hybridized carbons (Fsp3) is 0.385. The molecule has 0 unspecified atom stereocenters. The van der Waals surface area contributed by atoms with E-state index in [0.29, 0.717) is 23.7 Å². The maximum atomic E-state index is 10.8. The van der Waals surface area contributed by atoms with Gasteiger partial charge in [-0.2, -0.15) is 4.98 Å². The lowest BCUT2D eigenvalue weighted by Crippen LogP contribution is -2.16. The van der Waals surface area contributed by atoms with Crippen LogP contribution in [0.15, 0.2) is 22.7 Å². The van der Waals surface area contributed by atoms with Crippen LogP contribution >= 0.6 is 0 Å². The number of nitro benzene ring substituents is 1. The number of nitrogens with one attached hydrogen (secondary N) is 1. The zero-order valence-electron chi connectivity index (χ0n) is 11.4. The Morgan fingerprint density at radius 2 is 2.25 bits per heavy atom. The van der Waals surface area contributed by atoms with E-state index in [1.54, 1.807) is 6.07 Å². The van der Waals surface area contributed by atoms with E-state index in [9.17, 15) is 10.1 Å². The summed E-state index contributed by atoms with van der Waals surface area (Å²) in [7, 11) is 0. The molecule has 0 atom stereocenters. The average Bonchev–Trinajstić information content (AvgIpc) is 2.88. The van der Waals surface area contributed by atoms with Gasteiger partial charge in [0.1, 0.15) is 0 Å². The van der Waals surface area contributed by atoms with E-state index in [2.05, 4.69) is 15.5 Å². The van der Waals surface area contributed by atoms with Gasteiger partial charge in [0.2, 0.25) is 11.7 Å². The molecule has 0 aliphatic rings. The van der Waals surface area contributed by atoms with E-state index in [1.807, 2.05) is 13.8 Å². The maximum absolute atomic E-state index is 10.8. The minimum Gasteiger partial charge on any atom is -0.339 e. The summed E-state index contributed by atoms with van der Waals surface area (Å²) in [6.45, 7) is 5.51. The Morgan fingerprint density at radius 1 is 1.45 bits per heavy atom. The Bertz CT molecular complexity index is 609. The number of hydrogen-bond acceptors (Lipinski definition) is 6. The highest BCUT2D eigenvalue weighted by Gasteiger charge is 2.15. The van der Waals surface area contributed by atoms with Gasteiger partial charge in [0, 0.05) is 30.7 Å². The molecule has 20 heavy (non-hydrogen) atoms. The highest BCUT2D eigenvalue weighted by Crippen LogP contribution is 2.25. The second-order valence-corrected chi connectivity index (χ2v) is 4.37. The van der Waals surface area contributed by atoms with Gasteiger partial charge in [-0.15, -0.1) is 0 Å². The van der Waals surface area contributed by atoms with Crippen molar-refractivity contribution < 1.29 is 9.45 Å². The molecule has 0 saturated heterocycles. The summed E-state index contributed by atoms with van der Waals surface area (Å²) in [5.74, 6) is 0.907. The number of rotatable bonds is 6. The van der Waals surface area contributed by atoms with E-state index >= 15 is 0 Å². The second-order valence-electron chi connectivity index (χ2n) is 4.37. The van der Waals surface area contributed by atoms with Crippen LogP contribution < -0.4 is 5.32 Å². The van der Waals surface area contributed by atoms with Crippen LogP contribution in [0.5, 0.6) is 0 Å². The van der Waals surface area contributed by atoms with Crippen LogP contribution in [-0.4, -0.2) is 28.2 Å². The van der Waals surface area contributed by atoms with Crippen molar-refractivity contribution in [2.45, 2.75) is 20.3 Å². The molecular weight excluding hydrogens is 260 g/mol. The molecule has 0 aliphatic heterocycles. The third-order valence-electron chi connectivity index (χ3n) is 2.91. The van der Waals surface area contributed by atoms with Gasteiger partial charge in [0.05, 0.1) is 4.92 Å². The van der Waals surface area contributed by atoms with Crippen LogP contribution in [0.4, 0.5) is 5.69 Å². The molecule has 0 spiro atoms. The number of aryl methyl sites for hydroxylation is 1. The number of likely N-dealkylation sites (N-methyl/N-ethyl adjacent to an activating group) is 1. The van der Waals surface area contributed by atoms with Gasteiger partial charge >= 0.3 is 0 Å². The summed E-state index contributed by atoms with van der Waals surface area (Å²) in [5.41, 5.74) is 1.51. The molecule has 0 aliphatic carbocycles. The van der Waals surface area contributed by atoms with Crippen molar-refractivity contribution >= 4 is 5.69 Å². The average molecular weight is 276 g/mol. The van der Waals surface area contributed by atoms with Crippen molar-refractivity contribution in [2.75, 3.05) is 13.1 Å². The fourth-order valence-corrected chi connectivity index (χ4v) is 1.80. The Morgan fingerprint density at radius 3 is 2.95 bits per heavy atom. The number of nitro groups is 1. The molecule has 1 N–H and O–H groups in total. The van der Waals surface area contributed by atoms with Crippen molar-refractivity contribution in [1.29, 1.82) is 0 Å². The minimum absolute atomic E-state index is 0.0181. The molecule has 1 heterocycles. The lowest BCUT2D eigenvalue weighted by molar-refractivity contribution is -0.384. The summed E-state index contributed by atoms with van der Waals surface area (Å²) in [6, 6.07) is 4.61. The van der Waals surface area contributed by atoms with Gasteiger partial charge in [-0.05, 0) is 19.0 Å². The third kappa shape index (κ3) is 3.18. The topological polar surface area (TPSA) is 94.1 Å². The van der Waals surface area contributed by atoms with E-state index in [0.717, 1.165) is 18.7 Å². The molecule has 7 heteroatoms. The zero-order chi connectivity index (χ0) is 14.5. The van der Waals surface area contributed by atoms with Crippen LogP contribution in [-0.2, 0) is 6.42 Å². The first-order valence-corrected chi connectivity index (χ1v) is 6.40. The molecule has 0 bridgehead atoms. The molecule has 0 radical (unpaired) electrons. The Hall–Kier alpha value is -2.28. The highest BCUT2D eigenvalue weighted by atomic mass is 16.6. The minimum atomic E-state index is -0.435. The van der Waals surface area contributed by atoms with Gasteiger partial charge < -0.3 is 9.84 Å². The van der Waals surface area contributed by atoms with Gasteiger partial charge in [-0.1, -0.05) is 18.1 Å². The Balaban J connectivity index is 2.23. The molecule has 0 fully saturated rings. The molecule has 7 nitrogen and oxygen atoms in total. The summed E-state index contributed by atoms with van der Waals surface area (Å²) >= 11 is 0. The zero-order valence-corrected chi connectivity index (χ0v) is 11.4. The van der Waals surface area contributed by atoms with Gasteiger partial charge in [0.15, 0.2) is 0 Å². The summed E-state index contributed by atoms with van der Waals surface area (Å²) < 4.78 is 5.15. The number of benzene rings is 1. The monoisotopic (exact) mass is 276 g/mol. The predicted octanol–water partition coefficient (Wildman–Crippen LogP) is 2.11. The van der Waals surface area contributed by atoms with Crippen molar-refractivity contribution in [3.8, 4) is 11.4 Å². The summed E-state index contributed by atoms with van der Waals surface area (Å²) in [5, 5.41) is 17.9. The number of aromatic nitrogens is 2. The molecule has 0 amide bonds.